The fourth-order valence-electron chi connectivity index (χ4n) is 3.32. The monoisotopic (exact) mass is 419 g/mol. The Morgan fingerprint density at radius 3 is 2.52 bits per heavy atom. The third-order valence-electron chi connectivity index (χ3n) is 5.07. The van der Waals surface area contributed by atoms with Gasteiger partial charge in [-0.3, -0.25) is 9.67 Å². The molecule has 3 aromatic rings. The fourth-order valence-corrected chi connectivity index (χ4v) is 3.32. The molecule has 31 heavy (non-hydrogen) atoms. The summed E-state index contributed by atoms with van der Waals surface area (Å²) in [5.41, 5.74) is 3.82. The summed E-state index contributed by atoms with van der Waals surface area (Å²) in [5, 5.41) is 11.1. The first-order valence-corrected chi connectivity index (χ1v) is 11.0. The Labute approximate surface area is 185 Å². The summed E-state index contributed by atoms with van der Waals surface area (Å²) < 4.78 is 7.69. The number of benzene rings is 2. The van der Waals surface area contributed by atoms with Crippen molar-refractivity contribution in [2.75, 3.05) is 26.8 Å². The summed E-state index contributed by atoms with van der Waals surface area (Å²) in [4.78, 5) is 4.33. The number of unbranched alkanes of at least 4 members (excludes halogenated alkanes) is 1. The second-order valence-corrected chi connectivity index (χ2v) is 7.38. The first-order valence-electron chi connectivity index (χ1n) is 11.0. The number of aromatic nitrogens is 2. The number of hydrogen-bond donors (Lipinski definition) is 2. The van der Waals surface area contributed by atoms with Crippen molar-refractivity contribution < 1.29 is 4.74 Å². The van der Waals surface area contributed by atoms with Crippen molar-refractivity contribution in [1.29, 1.82) is 0 Å². The van der Waals surface area contributed by atoms with E-state index in [0.717, 1.165) is 58.1 Å². The Kier molecular flexibility index (Phi) is 9.63. The average molecular weight is 420 g/mol. The zero-order chi connectivity index (χ0) is 21.6. The molecule has 6 nitrogen and oxygen atoms in total. The van der Waals surface area contributed by atoms with E-state index in [2.05, 4.69) is 69.3 Å². The minimum absolute atomic E-state index is 0.722. The summed E-state index contributed by atoms with van der Waals surface area (Å²) in [6.45, 7) is 3.93. The van der Waals surface area contributed by atoms with Crippen LogP contribution in [0, 0.1) is 0 Å². The SMILES string of the molecule is CN=C(NCCCCOCCc1ccccc1)NCc1ccccc1Cn1cccn1. The number of ether oxygens (including phenoxy) is 1. The zero-order valence-corrected chi connectivity index (χ0v) is 18.3. The van der Waals surface area contributed by atoms with Gasteiger partial charge in [-0.25, -0.2) is 0 Å². The highest BCUT2D eigenvalue weighted by molar-refractivity contribution is 5.79. The molecule has 0 atom stereocenters. The summed E-state index contributed by atoms with van der Waals surface area (Å²) in [5.74, 6) is 0.818. The zero-order valence-electron chi connectivity index (χ0n) is 18.3. The maximum absolute atomic E-state index is 5.75. The summed E-state index contributed by atoms with van der Waals surface area (Å²) in [6.07, 6.45) is 6.84. The highest BCUT2D eigenvalue weighted by Crippen LogP contribution is 2.10. The van der Waals surface area contributed by atoms with Crippen LogP contribution in [0.1, 0.15) is 29.5 Å². The first-order chi connectivity index (χ1) is 15.3. The lowest BCUT2D eigenvalue weighted by molar-refractivity contribution is 0.133. The van der Waals surface area contributed by atoms with Crippen molar-refractivity contribution in [3.05, 3.63) is 89.7 Å². The van der Waals surface area contributed by atoms with Crippen molar-refractivity contribution in [3.63, 3.8) is 0 Å². The van der Waals surface area contributed by atoms with Gasteiger partial charge in [0, 0.05) is 39.1 Å². The van der Waals surface area contributed by atoms with Gasteiger partial charge in [-0.05, 0) is 42.0 Å². The smallest absolute Gasteiger partial charge is 0.191 e. The van der Waals surface area contributed by atoms with Gasteiger partial charge in [0.25, 0.3) is 0 Å². The number of nitrogens with one attached hydrogen (secondary N) is 2. The number of hydrogen-bond acceptors (Lipinski definition) is 3. The van der Waals surface area contributed by atoms with Crippen LogP contribution < -0.4 is 10.6 Å². The van der Waals surface area contributed by atoms with Gasteiger partial charge < -0.3 is 15.4 Å². The number of nitrogens with zero attached hydrogens (tertiary/aromatic N) is 3. The van der Waals surface area contributed by atoms with Crippen LogP contribution in [0.25, 0.3) is 0 Å². The first kappa shape index (κ1) is 22.6. The number of guanidine groups is 1. The molecule has 0 amide bonds. The molecular weight excluding hydrogens is 386 g/mol. The summed E-state index contributed by atoms with van der Waals surface area (Å²) >= 11 is 0. The summed E-state index contributed by atoms with van der Waals surface area (Å²) in [6, 6.07) is 20.8. The minimum Gasteiger partial charge on any atom is -0.381 e. The second-order valence-electron chi connectivity index (χ2n) is 7.38. The number of aliphatic imine (C=N–C) groups is 1. The van der Waals surface area contributed by atoms with E-state index in [4.69, 9.17) is 4.74 Å². The molecule has 0 bridgehead atoms. The fraction of sp³-hybridized carbons (Fsp3) is 0.360. The minimum atomic E-state index is 0.722. The molecule has 0 fully saturated rings. The molecular formula is C25H33N5O. The van der Waals surface area contributed by atoms with Gasteiger partial charge in [0.1, 0.15) is 0 Å². The molecule has 2 aromatic carbocycles. The van der Waals surface area contributed by atoms with E-state index >= 15 is 0 Å². The molecule has 164 valence electrons. The van der Waals surface area contributed by atoms with Crippen LogP contribution in [0.5, 0.6) is 0 Å². The van der Waals surface area contributed by atoms with Crippen LogP contribution in [-0.4, -0.2) is 42.5 Å². The highest BCUT2D eigenvalue weighted by Gasteiger charge is 2.04. The van der Waals surface area contributed by atoms with Crippen molar-refractivity contribution in [3.8, 4) is 0 Å². The van der Waals surface area contributed by atoms with E-state index in [-0.39, 0.29) is 0 Å². The Balaban J connectivity index is 1.30. The standard InChI is InChI=1S/C25H33N5O/c1-26-25(27-15-7-8-18-31-19-14-22-10-3-2-4-11-22)28-20-23-12-5-6-13-24(23)21-30-17-9-16-29-30/h2-6,9-13,16-17H,7-8,14-15,18-21H2,1H3,(H2,26,27,28). The Hall–Kier alpha value is -3.12. The topological polar surface area (TPSA) is 63.5 Å². The lowest BCUT2D eigenvalue weighted by atomic mass is 10.1. The molecule has 0 aliphatic rings. The molecule has 6 heteroatoms. The van der Waals surface area contributed by atoms with E-state index in [1.54, 1.807) is 13.2 Å². The number of rotatable bonds is 12. The lowest BCUT2D eigenvalue weighted by Gasteiger charge is -2.14. The average Bonchev–Trinajstić information content (AvgIpc) is 3.32. The van der Waals surface area contributed by atoms with Crippen molar-refractivity contribution in [2.24, 2.45) is 4.99 Å². The molecule has 0 radical (unpaired) electrons. The third kappa shape index (κ3) is 8.26. The van der Waals surface area contributed by atoms with Crippen molar-refractivity contribution in [2.45, 2.75) is 32.4 Å². The highest BCUT2D eigenvalue weighted by atomic mass is 16.5. The van der Waals surface area contributed by atoms with Crippen LogP contribution in [0.4, 0.5) is 0 Å². The Morgan fingerprint density at radius 1 is 0.935 bits per heavy atom. The van der Waals surface area contributed by atoms with E-state index < -0.39 is 0 Å². The normalized spacial score (nSPS) is 11.5. The van der Waals surface area contributed by atoms with Gasteiger partial charge >= 0.3 is 0 Å². The van der Waals surface area contributed by atoms with Crippen LogP contribution in [0.2, 0.25) is 0 Å². The van der Waals surface area contributed by atoms with E-state index in [1.165, 1.54) is 16.7 Å². The van der Waals surface area contributed by atoms with Gasteiger partial charge in [-0.1, -0.05) is 54.6 Å². The van der Waals surface area contributed by atoms with E-state index in [9.17, 15) is 0 Å². The molecule has 1 heterocycles. The molecule has 3 rings (SSSR count). The van der Waals surface area contributed by atoms with Gasteiger partial charge in [-0.2, -0.15) is 5.10 Å². The Morgan fingerprint density at radius 2 is 1.74 bits per heavy atom. The van der Waals surface area contributed by atoms with Crippen LogP contribution in [-0.2, 0) is 24.2 Å². The predicted molar refractivity (Wildman–Crippen MR) is 126 cm³/mol. The van der Waals surface area contributed by atoms with Gasteiger partial charge in [-0.15, -0.1) is 0 Å². The molecule has 2 N–H and O–H groups in total. The van der Waals surface area contributed by atoms with Gasteiger partial charge in [0.2, 0.25) is 0 Å². The van der Waals surface area contributed by atoms with E-state index in [1.807, 2.05) is 23.0 Å². The molecule has 0 aliphatic heterocycles. The van der Waals surface area contributed by atoms with Crippen LogP contribution in [0.15, 0.2) is 78.0 Å². The maximum atomic E-state index is 5.75. The molecule has 1 aromatic heterocycles. The van der Waals surface area contributed by atoms with Crippen LogP contribution >= 0.6 is 0 Å². The largest absolute Gasteiger partial charge is 0.381 e. The predicted octanol–water partition coefficient (Wildman–Crippen LogP) is 3.64. The van der Waals surface area contributed by atoms with Crippen molar-refractivity contribution >= 4 is 5.96 Å². The molecule has 0 aliphatic carbocycles. The summed E-state index contributed by atoms with van der Waals surface area (Å²) in [7, 11) is 1.80. The molecule has 0 saturated heterocycles. The molecule has 0 saturated carbocycles. The maximum Gasteiger partial charge on any atom is 0.191 e. The quantitative estimate of drug-likeness (QED) is 0.267. The van der Waals surface area contributed by atoms with Gasteiger partial charge in [0.05, 0.1) is 13.2 Å². The van der Waals surface area contributed by atoms with Crippen LogP contribution in [0.3, 0.4) is 0 Å². The van der Waals surface area contributed by atoms with Gasteiger partial charge in [0.15, 0.2) is 5.96 Å². The van der Waals surface area contributed by atoms with E-state index in [0.29, 0.717) is 0 Å². The lowest BCUT2D eigenvalue weighted by Crippen LogP contribution is -2.37. The van der Waals surface area contributed by atoms with Crippen molar-refractivity contribution in [1.82, 2.24) is 20.4 Å². The second kappa shape index (κ2) is 13.2. The molecule has 0 unspecified atom stereocenters. The Bertz CT molecular complexity index is 893. The third-order valence-corrected chi connectivity index (χ3v) is 5.07. The molecule has 0 spiro atoms.